The molecule has 0 saturated heterocycles. The van der Waals surface area contributed by atoms with Gasteiger partial charge < -0.3 is 9.84 Å². The number of aliphatic hydroxyl groups is 1. The van der Waals surface area contributed by atoms with Crippen LogP contribution < -0.4 is 4.74 Å². The van der Waals surface area contributed by atoms with Crippen molar-refractivity contribution >= 4 is 15.9 Å². The number of aliphatic hydroxyl groups excluding tert-OH is 1. The molecule has 1 aromatic carbocycles. The molecular weight excluding hydrogens is 327 g/mol. The van der Waals surface area contributed by atoms with E-state index in [4.69, 9.17) is 9.84 Å². The smallest absolute Gasteiger partial charge is 0.256 e. The van der Waals surface area contributed by atoms with Gasteiger partial charge in [0.05, 0.1) is 6.61 Å². The minimum Gasteiger partial charge on any atom is -0.433 e. The summed E-state index contributed by atoms with van der Waals surface area (Å²) in [5.41, 5.74) is -0.0547. The van der Waals surface area contributed by atoms with Crippen LogP contribution in [0.3, 0.4) is 0 Å². The van der Waals surface area contributed by atoms with E-state index in [1.165, 1.54) is 12.3 Å². The first-order valence-electron chi connectivity index (χ1n) is 5.09. The molecule has 3 nitrogen and oxygen atoms in total. The summed E-state index contributed by atoms with van der Waals surface area (Å²) < 4.78 is 45.5. The van der Waals surface area contributed by atoms with Crippen LogP contribution >= 0.6 is 15.9 Å². The summed E-state index contributed by atoms with van der Waals surface area (Å²) in [6.07, 6.45) is 1.19. The Balaban J connectivity index is 2.42. The number of benzene rings is 1. The quantitative estimate of drug-likeness (QED) is 0.873. The lowest BCUT2D eigenvalue weighted by Crippen LogP contribution is -1.99. The van der Waals surface area contributed by atoms with Gasteiger partial charge in [-0.2, -0.15) is 4.39 Å². The van der Waals surface area contributed by atoms with E-state index in [0.717, 1.165) is 12.1 Å². The Morgan fingerprint density at radius 2 is 1.95 bits per heavy atom. The Kier molecular flexibility index (Phi) is 4.06. The number of halogens is 4. The topological polar surface area (TPSA) is 42.4 Å². The Hall–Kier alpha value is -1.60. The van der Waals surface area contributed by atoms with Crippen LogP contribution in [-0.2, 0) is 6.61 Å². The van der Waals surface area contributed by atoms with Crippen molar-refractivity contribution in [1.82, 2.24) is 4.98 Å². The van der Waals surface area contributed by atoms with Crippen molar-refractivity contribution in [2.24, 2.45) is 0 Å². The van der Waals surface area contributed by atoms with Crippen LogP contribution in [0.2, 0.25) is 0 Å². The number of aromatic nitrogens is 1. The lowest BCUT2D eigenvalue weighted by molar-refractivity contribution is 0.272. The van der Waals surface area contributed by atoms with Crippen molar-refractivity contribution < 1.29 is 23.0 Å². The minimum absolute atomic E-state index is 0.0547. The van der Waals surface area contributed by atoms with Crippen LogP contribution in [0, 0.1) is 17.5 Å². The van der Waals surface area contributed by atoms with E-state index in [0.29, 0.717) is 0 Å². The molecule has 2 rings (SSSR count). The molecule has 19 heavy (non-hydrogen) atoms. The average Bonchev–Trinajstić information content (AvgIpc) is 2.37. The van der Waals surface area contributed by atoms with Crippen LogP contribution in [0.25, 0.3) is 0 Å². The molecule has 0 atom stereocenters. The first-order valence-corrected chi connectivity index (χ1v) is 5.89. The Bertz CT molecular complexity index is 622. The lowest BCUT2D eigenvalue weighted by atomic mass is 10.2. The van der Waals surface area contributed by atoms with E-state index in [2.05, 4.69) is 20.9 Å². The second-order valence-corrected chi connectivity index (χ2v) is 4.46. The van der Waals surface area contributed by atoms with Gasteiger partial charge in [0.2, 0.25) is 5.82 Å². The number of hydrogen-bond acceptors (Lipinski definition) is 3. The maximum absolute atomic E-state index is 13.7. The molecule has 0 aliphatic heterocycles. The van der Waals surface area contributed by atoms with E-state index < -0.39 is 35.7 Å². The van der Waals surface area contributed by atoms with Crippen LogP contribution in [0.15, 0.2) is 28.9 Å². The summed E-state index contributed by atoms with van der Waals surface area (Å²) in [5.74, 6) is -4.36. The van der Waals surface area contributed by atoms with Gasteiger partial charge in [0.15, 0.2) is 17.4 Å². The molecule has 2 aromatic rings. The van der Waals surface area contributed by atoms with E-state index >= 15 is 0 Å². The molecule has 7 heteroatoms. The molecule has 0 radical (unpaired) electrons. The Morgan fingerprint density at radius 3 is 2.63 bits per heavy atom. The van der Waals surface area contributed by atoms with Crippen molar-refractivity contribution in [2.45, 2.75) is 6.61 Å². The second kappa shape index (κ2) is 5.58. The molecule has 0 unspecified atom stereocenters. The normalized spacial score (nSPS) is 10.6. The van der Waals surface area contributed by atoms with Crippen LogP contribution in [0.1, 0.15) is 5.56 Å². The van der Waals surface area contributed by atoms with E-state index in [1.807, 2.05) is 0 Å². The van der Waals surface area contributed by atoms with Gasteiger partial charge in [0, 0.05) is 16.2 Å². The summed E-state index contributed by atoms with van der Waals surface area (Å²) >= 11 is 2.97. The molecule has 1 N–H and O–H groups in total. The highest BCUT2D eigenvalue weighted by Gasteiger charge is 2.16. The predicted molar refractivity (Wildman–Crippen MR) is 64.2 cm³/mol. The summed E-state index contributed by atoms with van der Waals surface area (Å²) in [6, 6.07) is 3.31. The van der Waals surface area contributed by atoms with Gasteiger partial charge >= 0.3 is 0 Å². The van der Waals surface area contributed by atoms with Crippen molar-refractivity contribution in [3.63, 3.8) is 0 Å². The Morgan fingerprint density at radius 1 is 1.21 bits per heavy atom. The zero-order valence-electron chi connectivity index (χ0n) is 9.33. The SMILES string of the molecule is OCc1ccnc(Oc2cc(Br)cc(F)c2F)c1F. The molecule has 0 aliphatic carbocycles. The third kappa shape index (κ3) is 2.87. The molecule has 0 fully saturated rings. The van der Waals surface area contributed by atoms with Crippen LogP contribution in [0.4, 0.5) is 13.2 Å². The van der Waals surface area contributed by atoms with Crippen LogP contribution in [-0.4, -0.2) is 10.1 Å². The number of nitrogens with zero attached hydrogens (tertiary/aromatic N) is 1. The first-order chi connectivity index (χ1) is 9.02. The molecule has 0 amide bonds. The third-order valence-electron chi connectivity index (χ3n) is 2.27. The van der Waals surface area contributed by atoms with Crippen molar-refractivity contribution in [2.75, 3.05) is 0 Å². The summed E-state index contributed by atoms with van der Waals surface area (Å²) in [4.78, 5) is 3.57. The number of pyridine rings is 1. The summed E-state index contributed by atoms with van der Waals surface area (Å²) in [5, 5.41) is 8.89. The fourth-order valence-electron chi connectivity index (χ4n) is 1.37. The molecular formula is C12H7BrF3NO2. The average molecular weight is 334 g/mol. The van der Waals surface area contributed by atoms with Gasteiger partial charge in [-0.05, 0) is 18.2 Å². The lowest BCUT2D eigenvalue weighted by Gasteiger charge is -2.09. The van der Waals surface area contributed by atoms with Crippen molar-refractivity contribution in [1.29, 1.82) is 0 Å². The van der Waals surface area contributed by atoms with Crippen LogP contribution in [0.5, 0.6) is 11.6 Å². The highest BCUT2D eigenvalue weighted by molar-refractivity contribution is 9.10. The standard InChI is InChI=1S/C12H7BrF3NO2/c13-7-3-8(14)11(16)9(4-7)19-12-10(15)6(5-18)1-2-17-12/h1-4,18H,5H2. The van der Waals surface area contributed by atoms with E-state index in [9.17, 15) is 13.2 Å². The maximum atomic E-state index is 13.7. The molecule has 0 aliphatic rings. The Labute approximate surface area is 114 Å². The summed E-state index contributed by atoms with van der Waals surface area (Å²) in [6.45, 7) is -0.556. The van der Waals surface area contributed by atoms with Gasteiger partial charge in [-0.1, -0.05) is 15.9 Å². The van der Waals surface area contributed by atoms with E-state index in [1.54, 1.807) is 0 Å². The highest BCUT2D eigenvalue weighted by Crippen LogP contribution is 2.30. The fourth-order valence-corrected chi connectivity index (χ4v) is 1.78. The first kappa shape index (κ1) is 13.8. The summed E-state index contributed by atoms with van der Waals surface area (Å²) in [7, 11) is 0. The number of ether oxygens (including phenoxy) is 1. The molecule has 1 heterocycles. The molecule has 0 saturated carbocycles. The zero-order chi connectivity index (χ0) is 14.0. The molecule has 1 aromatic heterocycles. The third-order valence-corrected chi connectivity index (χ3v) is 2.73. The van der Waals surface area contributed by atoms with Gasteiger partial charge in [0.25, 0.3) is 5.88 Å². The molecule has 0 bridgehead atoms. The number of hydrogen-bond donors (Lipinski definition) is 1. The van der Waals surface area contributed by atoms with Crippen molar-refractivity contribution in [3.8, 4) is 11.6 Å². The van der Waals surface area contributed by atoms with Crippen molar-refractivity contribution in [3.05, 3.63) is 51.9 Å². The minimum atomic E-state index is -1.25. The largest absolute Gasteiger partial charge is 0.433 e. The monoisotopic (exact) mass is 333 g/mol. The predicted octanol–water partition coefficient (Wildman–Crippen LogP) is 3.55. The van der Waals surface area contributed by atoms with Gasteiger partial charge in [0.1, 0.15) is 0 Å². The fraction of sp³-hybridized carbons (Fsp3) is 0.0833. The van der Waals surface area contributed by atoms with Gasteiger partial charge in [-0.25, -0.2) is 13.8 Å². The van der Waals surface area contributed by atoms with E-state index in [-0.39, 0.29) is 10.0 Å². The highest BCUT2D eigenvalue weighted by atomic mass is 79.9. The number of rotatable bonds is 3. The van der Waals surface area contributed by atoms with Gasteiger partial charge in [-0.3, -0.25) is 0 Å². The second-order valence-electron chi connectivity index (χ2n) is 3.55. The van der Waals surface area contributed by atoms with Gasteiger partial charge in [-0.15, -0.1) is 0 Å². The molecule has 100 valence electrons. The molecule has 0 spiro atoms. The zero-order valence-corrected chi connectivity index (χ0v) is 10.9. The maximum Gasteiger partial charge on any atom is 0.256 e.